The number of aromatic nitrogens is 2. The number of rotatable bonds is 3. The van der Waals surface area contributed by atoms with E-state index in [1.165, 1.54) is 7.11 Å². The van der Waals surface area contributed by atoms with Crippen LogP contribution in [0, 0.1) is 18.3 Å². The quantitative estimate of drug-likeness (QED) is 0.557. The number of methoxy groups -OCH3 is 1. The molecule has 6 nitrogen and oxygen atoms in total. The van der Waals surface area contributed by atoms with Gasteiger partial charge in [-0.05, 0) is 42.8 Å². The molecule has 0 saturated carbocycles. The Kier molecular flexibility index (Phi) is 3.98. The zero-order valence-corrected chi connectivity index (χ0v) is 14.9. The van der Waals surface area contributed by atoms with Crippen molar-refractivity contribution >= 4 is 34.2 Å². The van der Waals surface area contributed by atoms with Crippen molar-refractivity contribution in [2.45, 2.75) is 6.92 Å². The molecule has 27 heavy (non-hydrogen) atoms. The van der Waals surface area contributed by atoms with Crippen LogP contribution in [0.5, 0.6) is 0 Å². The molecule has 0 aliphatic heterocycles. The highest BCUT2D eigenvalue weighted by molar-refractivity contribution is 5.96. The van der Waals surface area contributed by atoms with Gasteiger partial charge < -0.3 is 10.1 Å². The molecule has 0 fully saturated rings. The summed E-state index contributed by atoms with van der Waals surface area (Å²) in [5.74, 6) is 0.293. The molecule has 1 N–H and O–H groups in total. The first-order chi connectivity index (χ1) is 13.1. The first-order valence-corrected chi connectivity index (χ1v) is 8.39. The number of hydrogen-bond acceptors (Lipinski definition) is 5. The lowest BCUT2D eigenvalue weighted by Gasteiger charge is -2.14. The number of esters is 1. The summed E-state index contributed by atoms with van der Waals surface area (Å²) in [6, 6.07) is 19.0. The van der Waals surface area contributed by atoms with Crippen molar-refractivity contribution in [1.29, 1.82) is 5.26 Å². The zero-order chi connectivity index (χ0) is 19.0. The molecule has 2 aromatic heterocycles. The molecule has 0 atom stereocenters. The first-order valence-electron chi connectivity index (χ1n) is 8.39. The van der Waals surface area contributed by atoms with E-state index >= 15 is 0 Å². The number of imidazole rings is 1. The predicted octanol–water partition coefficient (Wildman–Crippen LogP) is 4.20. The number of benzene rings is 2. The Morgan fingerprint density at radius 1 is 1.19 bits per heavy atom. The van der Waals surface area contributed by atoms with E-state index in [0.29, 0.717) is 28.3 Å². The topological polar surface area (TPSA) is 79.4 Å². The number of nitrogens with one attached hydrogen (secondary N) is 1. The van der Waals surface area contributed by atoms with Gasteiger partial charge in [-0.15, -0.1) is 0 Å². The van der Waals surface area contributed by atoms with E-state index in [-0.39, 0.29) is 0 Å². The van der Waals surface area contributed by atoms with Gasteiger partial charge in [0.15, 0.2) is 5.65 Å². The number of ether oxygens (including phenoxy) is 1. The lowest BCUT2D eigenvalue weighted by atomic mass is 10.1. The van der Waals surface area contributed by atoms with E-state index in [1.54, 1.807) is 12.1 Å². The van der Waals surface area contributed by atoms with Crippen molar-refractivity contribution < 1.29 is 9.53 Å². The molecule has 0 saturated heterocycles. The summed E-state index contributed by atoms with van der Waals surface area (Å²) in [6.45, 7) is 1.87. The van der Waals surface area contributed by atoms with Crippen LogP contribution in [0.4, 0.5) is 11.5 Å². The van der Waals surface area contributed by atoms with Crippen molar-refractivity contribution in [1.82, 2.24) is 9.38 Å². The highest BCUT2D eigenvalue weighted by Gasteiger charge is 2.17. The van der Waals surface area contributed by atoms with E-state index in [9.17, 15) is 10.1 Å². The van der Waals surface area contributed by atoms with Gasteiger partial charge in [-0.3, -0.25) is 4.40 Å². The molecule has 2 aromatic carbocycles. The van der Waals surface area contributed by atoms with Gasteiger partial charge in [-0.2, -0.15) is 5.26 Å². The van der Waals surface area contributed by atoms with E-state index in [4.69, 9.17) is 4.74 Å². The minimum absolute atomic E-state index is 0.421. The maximum Gasteiger partial charge on any atom is 0.339 e. The molecule has 0 spiro atoms. The highest BCUT2D eigenvalue weighted by Crippen LogP contribution is 2.29. The van der Waals surface area contributed by atoms with Gasteiger partial charge in [0.1, 0.15) is 11.9 Å². The second kappa shape index (κ2) is 6.46. The Morgan fingerprint density at radius 3 is 2.70 bits per heavy atom. The number of carbonyl (C=O) groups is 1. The Bertz CT molecular complexity index is 1230. The molecule has 132 valence electrons. The summed E-state index contributed by atoms with van der Waals surface area (Å²) < 4.78 is 6.77. The second-order valence-electron chi connectivity index (χ2n) is 6.12. The first kappa shape index (κ1) is 16.6. The molecule has 6 heteroatoms. The lowest BCUT2D eigenvalue weighted by Crippen LogP contribution is -2.08. The van der Waals surface area contributed by atoms with E-state index in [0.717, 1.165) is 16.6 Å². The molecule has 0 radical (unpaired) electrons. The van der Waals surface area contributed by atoms with Crippen LogP contribution in [-0.2, 0) is 4.74 Å². The van der Waals surface area contributed by atoms with Crippen molar-refractivity contribution in [3.05, 3.63) is 71.3 Å². The van der Waals surface area contributed by atoms with Crippen LogP contribution in [0.15, 0.2) is 54.6 Å². The van der Waals surface area contributed by atoms with Gasteiger partial charge in [0.2, 0.25) is 0 Å². The largest absolute Gasteiger partial charge is 0.465 e. The number of hydrogen-bond donors (Lipinski definition) is 1. The summed E-state index contributed by atoms with van der Waals surface area (Å²) in [4.78, 5) is 16.7. The smallest absolute Gasteiger partial charge is 0.339 e. The van der Waals surface area contributed by atoms with Crippen LogP contribution in [-0.4, -0.2) is 22.5 Å². The summed E-state index contributed by atoms with van der Waals surface area (Å²) in [6.07, 6.45) is 0. The average Bonchev–Trinajstić information content (AvgIpc) is 3.07. The maximum atomic E-state index is 12.1. The van der Waals surface area contributed by atoms with E-state index < -0.39 is 5.97 Å². The number of nitrogens with zero attached hydrogens (tertiary/aromatic N) is 3. The molecule has 4 aromatic rings. The Balaban J connectivity index is 1.99. The minimum Gasteiger partial charge on any atom is -0.465 e. The van der Waals surface area contributed by atoms with Gasteiger partial charge in [0.25, 0.3) is 0 Å². The number of pyridine rings is 1. The van der Waals surface area contributed by atoms with Crippen molar-refractivity contribution in [3.8, 4) is 6.07 Å². The van der Waals surface area contributed by atoms with Crippen LogP contribution < -0.4 is 5.32 Å². The highest BCUT2D eigenvalue weighted by atomic mass is 16.5. The molecule has 0 amide bonds. The van der Waals surface area contributed by atoms with E-state index in [1.807, 2.05) is 53.8 Å². The van der Waals surface area contributed by atoms with Crippen molar-refractivity contribution in [2.24, 2.45) is 0 Å². The van der Waals surface area contributed by atoms with Gasteiger partial charge in [0, 0.05) is 0 Å². The number of anilines is 2. The van der Waals surface area contributed by atoms with Crippen LogP contribution >= 0.6 is 0 Å². The summed E-state index contributed by atoms with van der Waals surface area (Å²) in [5.41, 5.74) is 4.63. The summed E-state index contributed by atoms with van der Waals surface area (Å²) >= 11 is 0. The number of aryl methyl sites for hydroxylation is 1. The Labute approximate surface area is 155 Å². The van der Waals surface area contributed by atoms with Crippen LogP contribution in [0.2, 0.25) is 0 Å². The van der Waals surface area contributed by atoms with Crippen molar-refractivity contribution in [3.63, 3.8) is 0 Å². The SMILES string of the molecule is COC(=O)c1ccccc1Nc1cc(C)c(C#N)c2nc3ccccc3n12. The molecular weight excluding hydrogens is 340 g/mol. The van der Waals surface area contributed by atoms with Gasteiger partial charge in [0.05, 0.1) is 35.0 Å². The number of fused-ring (bicyclic) bond motifs is 3. The fourth-order valence-electron chi connectivity index (χ4n) is 3.20. The number of nitriles is 1. The molecule has 0 aliphatic carbocycles. The van der Waals surface area contributed by atoms with E-state index in [2.05, 4.69) is 16.4 Å². The normalized spacial score (nSPS) is 10.7. The molecular formula is C21H16N4O2. The number of carbonyl (C=O) groups excluding carboxylic acids is 1. The van der Waals surface area contributed by atoms with Gasteiger partial charge >= 0.3 is 5.97 Å². The van der Waals surface area contributed by atoms with Gasteiger partial charge in [-0.1, -0.05) is 24.3 Å². The minimum atomic E-state index is -0.421. The molecule has 4 rings (SSSR count). The Morgan fingerprint density at radius 2 is 1.93 bits per heavy atom. The monoisotopic (exact) mass is 356 g/mol. The van der Waals surface area contributed by atoms with Gasteiger partial charge in [-0.25, -0.2) is 9.78 Å². The standard InChI is InChI=1S/C21H16N4O2/c1-13-11-19(23-16-8-4-3-7-14(16)21(26)27-2)25-18-10-6-5-9-17(18)24-20(25)15(13)12-22/h3-11,23H,1-2H3. The molecule has 0 bridgehead atoms. The van der Waals surface area contributed by atoms with Crippen molar-refractivity contribution in [2.75, 3.05) is 12.4 Å². The molecule has 0 unspecified atom stereocenters. The summed E-state index contributed by atoms with van der Waals surface area (Å²) in [5, 5.41) is 12.9. The fraction of sp³-hybridized carbons (Fsp3) is 0.0952. The fourth-order valence-corrected chi connectivity index (χ4v) is 3.20. The zero-order valence-electron chi connectivity index (χ0n) is 14.9. The van der Waals surface area contributed by atoms with Crippen LogP contribution in [0.1, 0.15) is 21.5 Å². The third-order valence-electron chi connectivity index (χ3n) is 4.48. The van der Waals surface area contributed by atoms with Crippen LogP contribution in [0.25, 0.3) is 16.7 Å². The maximum absolute atomic E-state index is 12.1. The molecule has 2 heterocycles. The third kappa shape index (κ3) is 2.66. The number of para-hydroxylation sites is 3. The third-order valence-corrected chi connectivity index (χ3v) is 4.48. The average molecular weight is 356 g/mol. The second-order valence-corrected chi connectivity index (χ2v) is 6.12. The summed E-state index contributed by atoms with van der Waals surface area (Å²) in [7, 11) is 1.35. The van der Waals surface area contributed by atoms with Crippen LogP contribution in [0.3, 0.4) is 0 Å². The lowest BCUT2D eigenvalue weighted by molar-refractivity contribution is 0.0602. The predicted molar refractivity (Wildman–Crippen MR) is 103 cm³/mol. The Hall–Kier alpha value is -3.85. The molecule has 0 aliphatic rings.